The molecule has 1 fully saturated rings. The van der Waals surface area contributed by atoms with E-state index in [1.54, 1.807) is 0 Å². The third-order valence-corrected chi connectivity index (χ3v) is 3.69. The van der Waals surface area contributed by atoms with E-state index in [0.717, 1.165) is 26.2 Å². The lowest BCUT2D eigenvalue weighted by Gasteiger charge is -2.34. The van der Waals surface area contributed by atoms with Crippen LogP contribution in [0.5, 0.6) is 0 Å². The number of nitriles is 1. The van der Waals surface area contributed by atoms with Gasteiger partial charge in [-0.25, -0.2) is 4.39 Å². The monoisotopic (exact) mass is 291 g/mol. The molecule has 0 aliphatic carbocycles. The lowest BCUT2D eigenvalue weighted by atomic mass is 10.1. The molecule has 0 unspecified atom stereocenters. The topological polar surface area (TPSA) is 67.6 Å². The molecule has 21 heavy (non-hydrogen) atoms. The molecule has 1 aliphatic heterocycles. The molecule has 1 aromatic carbocycles. The Kier molecular flexibility index (Phi) is 5.26. The Labute approximate surface area is 123 Å². The first-order valence-corrected chi connectivity index (χ1v) is 6.93. The fourth-order valence-electron chi connectivity index (χ4n) is 2.47. The molecular formula is C15H18FN3O2. The second-order valence-corrected chi connectivity index (χ2v) is 5.17. The summed E-state index contributed by atoms with van der Waals surface area (Å²) in [5, 5.41) is 17.7. The molecule has 6 heteroatoms. The summed E-state index contributed by atoms with van der Waals surface area (Å²) >= 11 is 0. The van der Waals surface area contributed by atoms with Crippen molar-refractivity contribution in [1.29, 1.82) is 5.26 Å². The molecule has 0 atom stereocenters. The van der Waals surface area contributed by atoms with Crippen LogP contribution in [0, 0.1) is 17.1 Å². The van der Waals surface area contributed by atoms with Gasteiger partial charge in [0.2, 0.25) is 0 Å². The van der Waals surface area contributed by atoms with Crippen LogP contribution in [0.3, 0.4) is 0 Å². The summed E-state index contributed by atoms with van der Waals surface area (Å²) in [6.07, 6.45) is 0.155. The van der Waals surface area contributed by atoms with E-state index in [9.17, 15) is 9.18 Å². The van der Waals surface area contributed by atoms with Gasteiger partial charge in [0.15, 0.2) is 0 Å². The van der Waals surface area contributed by atoms with Gasteiger partial charge < -0.3 is 10.0 Å². The van der Waals surface area contributed by atoms with Crippen molar-refractivity contribution in [2.45, 2.75) is 13.0 Å². The fourth-order valence-corrected chi connectivity index (χ4v) is 2.47. The second-order valence-electron chi connectivity index (χ2n) is 5.17. The molecule has 112 valence electrons. The van der Waals surface area contributed by atoms with Crippen molar-refractivity contribution < 1.29 is 14.3 Å². The number of carboxylic acid groups (broad SMARTS) is 1. The zero-order valence-electron chi connectivity index (χ0n) is 11.8. The Morgan fingerprint density at radius 3 is 2.57 bits per heavy atom. The number of carbonyl (C=O) groups is 1. The predicted octanol–water partition coefficient (Wildman–Crippen LogP) is 1.29. The lowest BCUT2D eigenvalue weighted by molar-refractivity contribution is -0.137. The Morgan fingerprint density at radius 1 is 1.29 bits per heavy atom. The van der Waals surface area contributed by atoms with Gasteiger partial charge >= 0.3 is 5.97 Å². The smallest absolute Gasteiger partial charge is 0.304 e. The van der Waals surface area contributed by atoms with E-state index < -0.39 is 5.97 Å². The summed E-state index contributed by atoms with van der Waals surface area (Å²) in [5.41, 5.74) is 1.21. The van der Waals surface area contributed by atoms with Crippen molar-refractivity contribution in [3.63, 3.8) is 0 Å². The largest absolute Gasteiger partial charge is 0.481 e. The molecule has 1 N–H and O–H groups in total. The minimum absolute atomic E-state index is 0.155. The maximum absolute atomic E-state index is 13.3. The Morgan fingerprint density at radius 2 is 1.95 bits per heavy atom. The van der Waals surface area contributed by atoms with E-state index in [-0.39, 0.29) is 12.2 Å². The van der Waals surface area contributed by atoms with Gasteiger partial charge in [-0.05, 0) is 23.8 Å². The molecular weight excluding hydrogens is 273 g/mol. The number of benzene rings is 1. The van der Waals surface area contributed by atoms with Gasteiger partial charge in [0.1, 0.15) is 5.82 Å². The number of carboxylic acids is 1. The molecule has 0 saturated carbocycles. The number of aliphatic carboxylic acids is 1. The van der Waals surface area contributed by atoms with Crippen molar-refractivity contribution in [3.8, 4) is 6.07 Å². The number of hydrogen-bond donors (Lipinski definition) is 1. The van der Waals surface area contributed by atoms with Gasteiger partial charge in [-0.1, -0.05) is 0 Å². The van der Waals surface area contributed by atoms with Crippen molar-refractivity contribution >= 4 is 5.97 Å². The summed E-state index contributed by atoms with van der Waals surface area (Å²) in [4.78, 5) is 14.8. The van der Waals surface area contributed by atoms with Crippen LogP contribution in [0.25, 0.3) is 0 Å². The van der Waals surface area contributed by atoms with Crippen molar-refractivity contribution in [2.24, 2.45) is 0 Å². The third kappa shape index (κ3) is 4.52. The van der Waals surface area contributed by atoms with Crippen LogP contribution in [0.2, 0.25) is 0 Å². The first-order chi connectivity index (χ1) is 10.1. The van der Waals surface area contributed by atoms with E-state index in [1.807, 2.05) is 0 Å². The maximum Gasteiger partial charge on any atom is 0.304 e. The highest BCUT2D eigenvalue weighted by atomic mass is 19.1. The van der Waals surface area contributed by atoms with Gasteiger partial charge in [-0.15, -0.1) is 0 Å². The van der Waals surface area contributed by atoms with Crippen LogP contribution in [0.15, 0.2) is 18.2 Å². The minimum Gasteiger partial charge on any atom is -0.481 e. The van der Waals surface area contributed by atoms with Crippen LogP contribution >= 0.6 is 0 Å². The minimum atomic E-state index is -0.782. The average molecular weight is 291 g/mol. The molecule has 1 aliphatic rings. The third-order valence-electron chi connectivity index (χ3n) is 3.69. The maximum atomic E-state index is 13.3. The van der Waals surface area contributed by atoms with Crippen molar-refractivity contribution in [2.75, 3.05) is 32.7 Å². The molecule has 2 rings (SSSR count). The fraction of sp³-hybridized carbons (Fsp3) is 0.467. The van der Waals surface area contributed by atoms with Crippen molar-refractivity contribution in [1.82, 2.24) is 9.80 Å². The standard InChI is InChI=1S/C15H18FN3O2/c16-14-2-1-12(10-17)13(9-14)11-19-7-5-18(6-8-19)4-3-15(20)21/h1-2,9H,3-8,11H2,(H,20,21). The highest BCUT2D eigenvalue weighted by molar-refractivity contribution is 5.66. The number of hydrogen-bond acceptors (Lipinski definition) is 4. The van der Waals surface area contributed by atoms with Gasteiger partial charge in [0, 0.05) is 39.3 Å². The molecule has 0 aromatic heterocycles. The number of rotatable bonds is 5. The summed E-state index contributed by atoms with van der Waals surface area (Å²) in [6.45, 7) is 4.29. The van der Waals surface area contributed by atoms with Gasteiger partial charge in [-0.2, -0.15) is 5.26 Å². The molecule has 1 heterocycles. The molecule has 5 nitrogen and oxygen atoms in total. The van der Waals surface area contributed by atoms with Crippen LogP contribution < -0.4 is 0 Å². The first kappa shape index (κ1) is 15.4. The van der Waals surface area contributed by atoms with Crippen LogP contribution in [0.1, 0.15) is 17.5 Å². The zero-order valence-corrected chi connectivity index (χ0v) is 11.8. The van der Waals surface area contributed by atoms with Crippen LogP contribution in [0.4, 0.5) is 4.39 Å². The summed E-state index contributed by atoms with van der Waals surface area (Å²) < 4.78 is 13.3. The molecule has 0 radical (unpaired) electrons. The molecule has 0 bridgehead atoms. The highest BCUT2D eigenvalue weighted by Crippen LogP contribution is 2.14. The summed E-state index contributed by atoms with van der Waals surface area (Å²) in [6, 6.07) is 6.30. The van der Waals surface area contributed by atoms with Gasteiger partial charge in [-0.3, -0.25) is 9.69 Å². The van der Waals surface area contributed by atoms with Crippen LogP contribution in [-0.4, -0.2) is 53.6 Å². The number of nitrogens with zero attached hydrogens (tertiary/aromatic N) is 3. The SMILES string of the molecule is N#Cc1ccc(F)cc1CN1CCN(CCC(=O)O)CC1. The summed E-state index contributed by atoms with van der Waals surface area (Å²) in [5.74, 6) is -1.11. The van der Waals surface area contributed by atoms with Crippen molar-refractivity contribution in [3.05, 3.63) is 35.1 Å². The summed E-state index contributed by atoms with van der Waals surface area (Å²) in [7, 11) is 0. The van der Waals surface area contributed by atoms with E-state index >= 15 is 0 Å². The molecule has 1 saturated heterocycles. The highest BCUT2D eigenvalue weighted by Gasteiger charge is 2.18. The Balaban J connectivity index is 1.88. The Hall–Kier alpha value is -1.97. The van der Waals surface area contributed by atoms with E-state index in [1.165, 1.54) is 18.2 Å². The van der Waals surface area contributed by atoms with E-state index in [4.69, 9.17) is 10.4 Å². The lowest BCUT2D eigenvalue weighted by Crippen LogP contribution is -2.46. The number of halogens is 1. The second kappa shape index (κ2) is 7.16. The molecule has 1 aromatic rings. The normalized spacial score (nSPS) is 16.6. The van der Waals surface area contributed by atoms with E-state index in [2.05, 4.69) is 15.9 Å². The Bertz CT molecular complexity index is 548. The predicted molar refractivity (Wildman–Crippen MR) is 75.1 cm³/mol. The van der Waals surface area contributed by atoms with Gasteiger partial charge in [0.25, 0.3) is 0 Å². The zero-order chi connectivity index (χ0) is 15.2. The van der Waals surface area contributed by atoms with E-state index in [0.29, 0.717) is 24.2 Å². The van der Waals surface area contributed by atoms with Gasteiger partial charge in [0.05, 0.1) is 18.1 Å². The molecule has 0 spiro atoms. The average Bonchev–Trinajstić information content (AvgIpc) is 2.47. The van der Waals surface area contributed by atoms with Crippen LogP contribution in [-0.2, 0) is 11.3 Å². The quantitative estimate of drug-likeness (QED) is 0.885. The first-order valence-electron chi connectivity index (χ1n) is 6.93. The number of piperazine rings is 1. The molecule has 0 amide bonds.